The molecule has 0 unspecified atom stereocenters. The number of aryl methyl sites for hydroxylation is 1. The molecule has 37 heavy (non-hydrogen) atoms. The van der Waals surface area contributed by atoms with E-state index in [0.717, 1.165) is 43.2 Å². The van der Waals surface area contributed by atoms with Gasteiger partial charge in [-0.25, -0.2) is 0 Å². The van der Waals surface area contributed by atoms with Crippen molar-refractivity contribution < 1.29 is 4.65 Å². The first-order chi connectivity index (χ1) is 17.2. The number of rotatable bonds is 9. The highest BCUT2D eigenvalue weighted by atomic mass is 32.1. The Labute approximate surface area is 237 Å². The quantitative estimate of drug-likeness (QED) is 0.145. The molecule has 1 aromatic rings. The summed E-state index contributed by atoms with van der Waals surface area (Å²) in [4.78, 5) is 0. The molecule has 1 saturated carbocycles. The maximum Gasteiger partial charge on any atom is 0.330 e. The maximum atomic E-state index is 6.06. The van der Waals surface area contributed by atoms with E-state index in [0.29, 0.717) is 0 Å². The van der Waals surface area contributed by atoms with Gasteiger partial charge in [0.25, 0.3) is 0 Å². The number of hydrogen-bond donors (Lipinski definition) is 2. The van der Waals surface area contributed by atoms with E-state index in [1.165, 1.54) is 55.2 Å². The molecule has 1 radical (unpaired) electrons. The first-order valence-electron chi connectivity index (χ1n) is 14.9. The molecule has 1 N–H and O–H groups in total. The highest BCUT2D eigenvalue weighted by molar-refractivity contribution is 7.81. The van der Waals surface area contributed by atoms with Crippen LogP contribution in [0.5, 0.6) is 0 Å². The Morgan fingerprint density at radius 3 is 1.92 bits per heavy atom. The highest BCUT2D eigenvalue weighted by Gasteiger charge is 2.36. The SMILES string of the molecule is C=C(C)C1(c2ccc([B]OC(C)(C)C(C)(C)S)cc2C)CCNCC1.CC1CC(C)C1.CCCCCC. The van der Waals surface area contributed by atoms with Gasteiger partial charge in [0.05, 0.1) is 5.60 Å². The fraction of sp³-hybridized carbons (Fsp3) is 0.758. The normalized spacial score (nSPS) is 20.9. The standard InChI is InChI=1S/C21H33BNOS.C6H12.C6H14/c1-15(2)21(10-12-23-13-11-21)18-9-8-17(14-16(18)3)22-24-19(4,5)20(6,7)25;1-5-3-6(2)4-5;1-3-5-6-4-2/h8-9,14,23,25H,1,10-13H2,2-7H3;5-6H,3-4H2,1-2H3;3-6H2,1-2H3. The van der Waals surface area contributed by atoms with Gasteiger partial charge >= 0.3 is 7.48 Å². The number of allylic oxidation sites excluding steroid dienone is 1. The summed E-state index contributed by atoms with van der Waals surface area (Å²) in [6.45, 7) is 28.2. The van der Waals surface area contributed by atoms with E-state index < -0.39 is 0 Å². The topological polar surface area (TPSA) is 21.3 Å². The largest absolute Gasteiger partial charge is 0.428 e. The van der Waals surface area contributed by atoms with Crippen LogP contribution in [-0.4, -0.2) is 30.9 Å². The van der Waals surface area contributed by atoms with Crippen molar-refractivity contribution in [2.24, 2.45) is 11.8 Å². The van der Waals surface area contributed by atoms with Crippen LogP contribution in [0.3, 0.4) is 0 Å². The second-order valence-corrected chi connectivity index (χ2v) is 14.0. The zero-order valence-corrected chi connectivity index (χ0v) is 27.0. The molecule has 0 atom stereocenters. The minimum Gasteiger partial charge on any atom is -0.428 e. The smallest absolute Gasteiger partial charge is 0.330 e. The van der Waals surface area contributed by atoms with E-state index in [9.17, 15) is 0 Å². The third-order valence-electron chi connectivity index (χ3n) is 8.57. The van der Waals surface area contributed by atoms with Crippen molar-refractivity contribution in [3.8, 4) is 0 Å². The minimum atomic E-state index is -0.351. The Balaban J connectivity index is 0.000000466. The van der Waals surface area contributed by atoms with Crippen LogP contribution in [0.2, 0.25) is 0 Å². The zero-order valence-electron chi connectivity index (χ0n) is 26.1. The lowest BCUT2D eigenvalue weighted by Gasteiger charge is -2.40. The Morgan fingerprint density at radius 2 is 1.57 bits per heavy atom. The molecule has 1 aromatic carbocycles. The van der Waals surface area contributed by atoms with Gasteiger partial charge < -0.3 is 9.97 Å². The van der Waals surface area contributed by atoms with E-state index in [2.05, 4.69) is 112 Å². The highest BCUT2D eigenvalue weighted by Crippen LogP contribution is 2.40. The summed E-state index contributed by atoms with van der Waals surface area (Å²) in [5, 5.41) is 3.47. The predicted octanol–water partition coefficient (Wildman–Crippen LogP) is 8.58. The van der Waals surface area contributed by atoms with Crippen molar-refractivity contribution in [1.29, 1.82) is 0 Å². The van der Waals surface area contributed by atoms with Gasteiger partial charge in [-0.05, 0) is 103 Å². The van der Waals surface area contributed by atoms with Crippen molar-refractivity contribution in [1.82, 2.24) is 5.32 Å². The van der Waals surface area contributed by atoms with Gasteiger partial charge in [-0.2, -0.15) is 12.6 Å². The molecule has 211 valence electrons. The van der Waals surface area contributed by atoms with E-state index in [1.54, 1.807) is 0 Å². The van der Waals surface area contributed by atoms with Gasteiger partial charge in [0.1, 0.15) is 0 Å². The van der Waals surface area contributed by atoms with Crippen LogP contribution in [0.4, 0.5) is 0 Å². The first-order valence-corrected chi connectivity index (χ1v) is 15.4. The number of benzene rings is 1. The van der Waals surface area contributed by atoms with Gasteiger partial charge in [-0.1, -0.05) is 89.2 Å². The van der Waals surface area contributed by atoms with Crippen LogP contribution in [0.15, 0.2) is 30.4 Å². The van der Waals surface area contributed by atoms with Crippen molar-refractivity contribution in [2.45, 2.75) is 136 Å². The molecule has 0 amide bonds. The summed E-state index contributed by atoms with van der Waals surface area (Å²) < 4.78 is 5.84. The summed E-state index contributed by atoms with van der Waals surface area (Å²) in [5.74, 6) is 2.08. The summed E-state index contributed by atoms with van der Waals surface area (Å²) in [5.41, 5.74) is 4.83. The van der Waals surface area contributed by atoms with Crippen LogP contribution in [-0.2, 0) is 10.1 Å². The lowest BCUT2D eigenvalue weighted by atomic mass is 9.67. The summed E-state index contributed by atoms with van der Waals surface area (Å²) in [6.07, 6.45) is 10.7. The summed E-state index contributed by atoms with van der Waals surface area (Å²) >= 11 is 4.66. The predicted molar refractivity (Wildman–Crippen MR) is 171 cm³/mol. The van der Waals surface area contributed by atoms with E-state index in [1.807, 2.05) is 7.48 Å². The Bertz CT molecular complexity index is 791. The molecule has 1 aliphatic carbocycles. The monoisotopic (exact) mass is 528 g/mol. The van der Waals surface area contributed by atoms with Crippen molar-refractivity contribution in [3.63, 3.8) is 0 Å². The number of piperidine rings is 1. The summed E-state index contributed by atoms with van der Waals surface area (Å²) in [7, 11) is 1.87. The molecule has 2 nitrogen and oxygen atoms in total. The molecule has 0 spiro atoms. The molecular weight excluding hydrogens is 469 g/mol. The molecule has 3 rings (SSSR count). The second-order valence-electron chi connectivity index (χ2n) is 12.9. The van der Waals surface area contributed by atoms with Crippen LogP contribution in [0.1, 0.15) is 125 Å². The molecule has 2 fully saturated rings. The fourth-order valence-electron chi connectivity index (χ4n) is 5.24. The zero-order chi connectivity index (χ0) is 28.3. The number of hydrogen-bond acceptors (Lipinski definition) is 3. The molecular formula is C33H59BNOS. The Kier molecular flexibility index (Phi) is 14.6. The van der Waals surface area contributed by atoms with Gasteiger partial charge in [-0.3, -0.25) is 0 Å². The lowest BCUT2D eigenvalue weighted by Crippen LogP contribution is -2.46. The van der Waals surface area contributed by atoms with Crippen LogP contribution >= 0.6 is 12.6 Å². The van der Waals surface area contributed by atoms with Crippen molar-refractivity contribution >= 4 is 25.6 Å². The Hall–Kier alpha value is -0.705. The third-order valence-corrected chi connectivity index (χ3v) is 9.11. The van der Waals surface area contributed by atoms with E-state index in [4.69, 9.17) is 4.65 Å². The molecule has 0 bridgehead atoms. The van der Waals surface area contributed by atoms with Gasteiger partial charge in [0, 0.05) is 10.2 Å². The summed E-state index contributed by atoms with van der Waals surface area (Å²) in [6, 6.07) is 6.66. The average molecular weight is 529 g/mol. The van der Waals surface area contributed by atoms with E-state index >= 15 is 0 Å². The minimum absolute atomic E-state index is 0.0983. The van der Waals surface area contributed by atoms with Crippen LogP contribution in [0, 0.1) is 18.8 Å². The fourth-order valence-corrected chi connectivity index (χ4v) is 5.29. The van der Waals surface area contributed by atoms with Crippen molar-refractivity contribution in [2.75, 3.05) is 13.1 Å². The average Bonchev–Trinajstić information content (AvgIpc) is 2.81. The first kappa shape index (κ1) is 34.3. The maximum absolute atomic E-state index is 6.06. The molecule has 1 saturated heterocycles. The van der Waals surface area contributed by atoms with E-state index in [-0.39, 0.29) is 15.8 Å². The molecule has 2 aliphatic rings. The Morgan fingerprint density at radius 1 is 1.05 bits per heavy atom. The van der Waals surface area contributed by atoms with Gasteiger partial charge in [-0.15, -0.1) is 0 Å². The van der Waals surface area contributed by atoms with Crippen LogP contribution < -0.4 is 10.8 Å². The number of thiol groups is 1. The van der Waals surface area contributed by atoms with Crippen molar-refractivity contribution in [3.05, 3.63) is 41.5 Å². The molecule has 1 aliphatic heterocycles. The second kappa shape index (κ2) is 15.8. The molecule has 0 aromatic heterocycles. The van der Waals surface area contributed by atoms with Crippen LogP contribution in [0.25, 0.3) is 0 Å². The number of nitrogens with one attached hydrogen (secondary N) is 1. The number of unbranched alkanes of at least 4 members (excludes halogenated alkanes) is 3. The van der Waals surface area contributed by atoms with Gasteiger partial charge in [0.2, 0.25) is 0 Å². The lowest BCUT2D eigenvalue weighted by molar-refractivity contribution is 0.0854. The molecule has 4 heteroatoms. The third kappa shape index (κ3) is 10.8. The van der Waals surface area contributed by atoms with Gasteiger partial charge in [0.15, 0.2) is 0 Å². The molecule has 1 heterocycles.